The van der Waals surface area contributed by atoms with Crippen LogP contribution < -0.4 is 20.7 Å². The second-order valence-corrected chi connectivity index (χ2v) is 9.08. The van der Waals surface area contributed by atoms with Crippen molar-refractivity contribution in [2.24, 2.45) is 0 Å². The quantitative estimate of drug-likeness (QED) is 0.400. The zero-order valence-corrected chi connectivity index (χ0v) is 20.9. The Bertz CT molecular complexity index is 1550. The van der Waals surface area contributed by atoms with Crippen LogP contribution in [0.25, 0.3) is 21.9 Å². The van der Waals surface area contributed by atoms with Gasteiger partial charge in [-0.25, -0.2) is 19.6 Å². The Hall–Kier alpha value is -4.01. The van der Waals surface area contributed by atoms with Gasteiger partial charge in [0.05, 0.1) is 31.5 Å². The highest BCUT2D eigenvalue weighted by Gasteiger charge is 2.22. The van der Waals surface area contributed by atoms with Crippen LogP contribution in [0.4, 0.5) is 11.8 Å². The topological polar surface area (TPSA) is 106 Å². The van der Waals surface area contributed by atoms with Crippen LogP contribution in [0.2, 0.25) is 0 Å². The zero-order valence-electron chi connectivity index (χ0n) is 20.9. The molecule has 6 rings (SSSR count). The molecule has 2 aliphatic heterocycles. The van der Waals surface area contributed by atoms with Gasteiger partial charge in [-0.15, -0.1) is 5.92 Å². The van der Waals surface area contributed by atoms with Crippen molar-refractivity contribution in [3.63, 3.8) is 0 Å². The zero-order chi connectivity index (χ0) is 25.2. The number of fused-ring (bicyclic) bond motifs is 2. The monoisotopic (exact) mass is 499 g/mol. The predicted octanol–water partition coefficient (Wildman–Crippen LogP) is 0.854. The van der Waals surface area contributed by atoms with Crippen molar-refractivity contribution in [1.29, 1.82) is 0 Å². The average molecular weight is 500 g/mol. The summed E-state index contributed by atoms with van der Waals surface area (Å²) in [7, 11) is 0. The molecule has 190 valence electrons. The molecule has 1 aromatic carbocycles. The first-order valence-electron chi connectivity index (χ1n) is 12.6. The molecular weight excluding hydrogens is 470 g/mol. The molecule has 0 saturated carbocycles. The number of ether oxygens (including phenoxy) is 1. The molecule has 0 radical (unpaired) electrons. The second-order valence-electron chi connectivity index (χ2n) is 9.08. The van der Waals surface area contributed by atoms with Crippen LogP contribution in [0.5, 0.6) is 0 Å². The van der Waals surface area contributed by atoms with Crippen molar-refractivity contribution >= 4 is 33.7 Å². The molecular formula is C26H29N9O2. The Kier molecular flexibility index (Phi) is 6.42. The molecule has 5 heterocycles. The molecule has 4 aromatic rings. The highest BCUT2D eigenvalue weighted by atomic mass is 16.5. The summed E-state index contributed by atoms with van der Waals surface area (Å²) >= 11 is 0. The Morgan fingerprint density at radius 1 is 1.00 bits per heavy atom. The first-order chi connectivity index (χ1) is 18.2. The number of benzene rings is 1. The second kappa shape index (κ2) is 10.2. The summed E-state index contributed by atoms with van der Waals surface area (Å²) in [5, 5.41) is 8.80. The third-order valence-corrected chi connectivity index (χ3v) is 6.78. The maximum Gasteiger partial charge on any atom is 0.293 e. The van der Waals surface area contributed by atoms with E-state index in [0.29, 0.717) is 36.6 Å². The number of anilines is 2. The summed E-state index contributed by atoms with van der Waals surface area (Å²) in [5.41, 5.74) is 1.68. The van der Waals surface area contributed by atoms with Crippen molar-refractivity contribution in [3.8, 4) is 11.8 Å². The molecule has 0 aliphatic carbocycles. The SMILES string of the molecule is CC#CCn1c(N2CCNCC2)nc2cnn(Cc3nc(N4CCOCC4)c4ccccc4n3)c(=O)c21. The summed E-state index contributed by atoms with van der Waals surface area (Å²) < 4.78 is 8.88. The molecule has 2 fully saturated rings. The van der Waals surface area contributed by atoms with Crippen LogP contribution in [0.15, 0.2) is 35.3 Å². The lowest BCUT2D eigenvalue weighted by molar-refractivity contribution is 0.122. The lowest BCUT2D eigenvalue weighted by atomic mass is 10.2. The van der Waals surface area contributed by atoms with Gasteiger partial charge in [0.1, 0.15) is 23.4 Å². The molecule has 37 heavy (non-hydrogen) atoms. The van der Waals surface area contributed by atoms with Crippen molar-refractivity contribution in [2.45, 2.75) is 20.0 Å². The third-order valence-electron chi connectivity index (χ3n) is 6.78. The van der Waals surface area contributed by atoms with Crippen molar-refractivity contribution in [1.82, 2.24) is 34.6 Å². The van der Waals surface area contributed by atoms with E-state index in [2.05, 4.69) is 32.1 Å². The van der Waals surface area contributed by atoms with Crippen LogP contribution in [0.1, 0.15) is 12.7 Å². The average Bonchev–Trinajstić information content (AvgIpc) is 3.33. The number of hydrogen-bond acceptors (Lipinski definition) is 9. The first-order valence-corrected chi connectivity index (χ1v) is 12.6. The number of imidazole rings is 1. The van der Waals surface area contributed by atoms with E-state index < -0.39 is 0 Å². The van der Waals surface area contributed by atoms with E-state index >= 15 is 0 Å². The van der Waals surface area contributed by atoms with E-state index in [4.69, 9.17) is 19.7 Å². The van der Waals surface area contributed by atoms with Crippen molar-refractivity contribution in [3.05, 3.63) is 46.6 Å². The minimum Gasteiger partial charge on any atom is -0.378 e. The van der Waals surface area contributed by atoms with Gasteiger partial charge in [-0.2, -0.15) is 5.10 Å². The lowest BCUT2D eigenvalue weighted by Gasteiger charge is -2.29. The fraction of sp³-hybridized carbons (Fsp3) is 0.423. The molecule has 0 spiro atoms. The van der Waals surface area contributed by atoms with Crippen LogP contribution in [0, 0.1) is 11.8 Å². The Labute approximate surface area is 214 Å². The van der Waals surface area contributed by atoms with Gasteiger partial charge in [0.25, 0.3) is 5.56 Å². The van der Waals surface area contributed by atoms with Crippen LogP contribution in [-0.2, 0) is 17.8 Å². The molecule has 11 heteroatoms. The standard InChI is InChI=1S/C26H29N9O2/c1-2-3-10-34-23-21(30-26(34)33-11-8-27-9-12-33)17-28-35(25(23)36)18-22-29-20-7-5-4-6-19(20)24(31-22)32-13-15-37-16-14-32/h4-7,17,27H,8-16,18H2,1H3. The number of para-hydroxylation sites is 1. The molecule has 0 atom stereocenters. The molecule has 2 aliphatic rings. The van der Waals surface area contributed by atoms with Gasteiger partial charge in [-0.05, 0) is 19.1 Å². The summed E-state index contributed by atoms with van der Waals surface area (Å²) in [5.74, 6) is 8.20. The highest BCUT2D eigenvalue weighted by molar-refractivity contribution is 5.89. The van der Waals surface area contributed by atoms with Gasteiger partial charge in [-0.1, -0.05) is 18.1 Å². The molecule has 1 N–H and O–H groups in total. The van der Waals surface area contributed by atoms with Gasteiger partial charge < -0.3 is 19.9 Å². The largest absolute Gasteiger partial charge is 0.378 e. The van der Waals surface area contributed by atoms with E-state index in [1.165, 1.54) is 4.68 Å². The lowest BCUT2D eigenvalue weighted by Crippen LogP contribution is -2.44. The normalized spacial score (nSPS) is 16.2. The summed E-state index contributed by atoms with van der Waals surface area (Å²) in [4.78, 5) is 32.6. The summed E-state index contributed by atoms with van der Waals surface area (Å²) in [6.45, 7) is 8.56. The Morgan fingerprint density at radius 2 is 1.81 bits per heavy atom. The van der Waals surface area contributed by atoms with Gasteiger partial charge in [0, 0.05) is 44.7 Å². The maximum atomic E-state index is 13.7. The van der Waals surface area contributed by atoms with E-state index in [-0.39, 0.29) is 12.1 Å². The minimum absolute atomic E-state index is 0.157. The summed E-state index contributed by atoms with van der Waals surface area (Å²) in [6, 6.07) is 7.96. The number of nitrogens with zero attached hydrogens (tertiary/aromatic N) is 8. The van der Waals surface area contributed by atoms with E-state index in [1.54, 1.807) is 13.1 Å². The molecule has 0 bridgehead atoms. The fourth-order valence-corrected chi connectivity index (χ4v) is 4.93. The summed E-state index contributed by atoms with van der Waals surface area (Å²) in [6.07, 6.45) is 1.65. The minimum atomic E-state index is -0.228. The third kappa shape index (κ3) is 4.50. The van der Waals surface area contributed by atoms with Crippen LogP contribution in [-0.4, -0.2) is 81.8 Å². The van der Waals surface area contributed by atoms with E-state index in [9.17, 15) is 4.79 Å². The van der Waals surface area contributed by atoms with E-state index in [0.717, 1.165) is 61.9 Å². The number of rotatable bonds is 5. The highest BCUT2D eigenvalue weighted by Crippen LogP contribution is 2.25. The molecule has 0 amide bonds. The number of hydrogen-bond donors (Lipinski definition) is 1. The van der Waals surface area contributed by atoms with Gasteiger partial charge in [0.15, 0.2) is 5.82 Å². The van der Waals surface area contributed by atoms with Crippen LogP contribution in [0.3, 0.4) is 0 Å². The Balaban J connectivity index is 1.42. The smallest absolute Gasteiger partial charge is 0.293 e. The van der Waals surface area contributed by atoms with Crippen molar-refractivity contribution in [2.75, 3.05) is 62.3 Å². The van der Waals surface area contributed by atoms with Crippen molar-refractivity contribution < 1.29 is 4.74 Å². The molecule has 11 nitrogen and oxygen atoms in total. The Morgan fingerprint density at radius 3 is 2.62 bits per heavy atom. The number of piperazine rings is 1. The van der Waals surface area contributed by atoms with E-state index in [1.807, 2.05) is 28.8 Å². The fourth-order valence-electron chi connectivity index (χ4n) is 4.93. The number of nitrogens with one attached hydrogen (secondary N) is 1. The maximum absolute atomic E-state index is 13.7. The van der Waals surface area contributed by atoms with Crippen LogP contribution >= 0.6 is 0 Å². The van der Waals surface area contributed by atoms with Gasteiger partial charge >= 0.3 is 0 Å². The molecule has 3 aromatic heterocycles. The molecule has 0 unspecified atom stereocenters. The van der Waals surface area contributed by atoms with Gasteiger partial charge in [-0.3, -0.25) is 9.36 Å². The first kappa shape index (κ1) is 23.4. The van der Waals surface area contributed by atoms with Gasteiger partial charge in [0.2, 0.25) is 5.95 Å². The number of morpholine rings is 1. The predicted molar refractivity (Wildman–Crippen MR) is 142 cm³/mol. The molecule has 2 saturated heterocycles. The number of aromatic nitrogens is 6.